The maximum absolute atomic E-state index is 13.0. The first-order chi connectivity index (χ1) is 15.8. The van der Waals surface area contributed by atoms with Crippen LogP contribution in [0.3, 0.4) is 0 Å². The van der Waals surface area contributed by atoms with Crippen molar-refractivity contribution in [1.82, 2.24) is 4.31 Å². The molecule has 4 aromatic rings. The van der Waals surface area contributed by atoms with Crippen molar-refractivity contribution in [3.63, 3.8) is 0 Å². The predicted octanol–water partition coefficient (Wildman–Crippen LogP) is 4.39. The average molecular weight is 479 g/mol. The van der Waals surface area contributed by atoms with E-state index in [1.54, 1.807) is 60.7 Å². The van der Waals surface area contributed by atoms with E-state index in [0.717, 1.165) is 21.9 Å². The van der Waals surface area contributed by atoms with Gasteiger partial charge in [-0.25, -0.2) is 16.8 Å². The number of fused-ring (bicyclic) bond motifs is 2. The fraction of sp³-hybridized carbons (Fsp3) is 0.120. The molecule has 0 aromatic heterocycles. The number of sulfonamides is 2. The lowest BCUT2D eigenvalue weighted by Crippen LogP contribution is -2.36. The van der Waals surface area contributed by atoms with Gasteiger partial charge in [0.25, 0.3) is 10.0 Å². The Morgan fingerprint density at radius 1 is 0.667 bits per heavy atom. The maximum atomic E-state index is 13.0. The molecular weight excluding hydrogens is 456 g/mol. The van der Waals surface area contributed by atoms with Crippen molar-refractivity contribution in [3.8, 4) is 0 Å². The van der Waals surface area contributed by atoms with E-state index in [1.165, 1.54) is 4.31 Å². The van der Waals surface area contributed by atoms with Crippen LogP contribution in [-0.2, 0) is 33.0 Å². The molecule has 0 fully saturated rings. The Kier molecular flexibility index (Phi) is 5.44. The number of nitrogens with zero attached hydrogens (tertiary/aromatic N) is 1. The van der Waals surface area contributed by atoms with Crippen LogP contribution in [0.25, 0.3) is 10.8 Å². The molecule has 0 saturated carbocycles. The highest BCUT2D eigenvalue weighted by Gasteiger charge is 2.28. The van der Waals surface area contributed by atoms with Crippen LogP contribution >= 0.6 is 0 Å². The molecular formula is C25H22N2O4S2. The van der Waals surface area contributed by atoms with Crippen LogP contribution in [0.15, 0.2) is 101 Å². The molecule has 0 saturated heterocycles. The normalized spacial score (nSPS) is 14.7. The van der Waals surface area contributed by atoms with E-state index in [2.05, 4.69) is 4.72 Å². The Morgan fingerprint density at radius 2 is 1.39 bits per heavy atom. The number of hydrogen-bond acceptors (Lipinski definition) is 4. The van der Waals surface area contributed by atoms with Crippen LogP contribution in [0.5, 0.6) is 0 Å². The van der Waals surface area contributed by atoms with Crippen LogP contribution in [0, 0.1) is 0 Å². The largest absolute Gasteiger partial charge is 0.280 e. The first-order valence-corrected chi connectivity index (χ1v) is 13.4. The Balaban J connectivity index is 1.41. The molecule has 1 aliphatic rings. The summed E-state index contributed by atoms with van der Waals surface area (Å²) >= 11 is 0. The fourth-order valence-corrected chi connectivity index (χ4v) is 6.61. The van der Waals surface area contributed by atoms with Crippen molar-refractivity contribution in [2.24, 2.45) is 0 Å². The molecule has 0 atom stereocenters. The van der Waals surface area contributed by atoms with Crippen molar-refractivity contribution in [1.29, 1.82) is 0 Å². The third-order valence-electron chi connectivity index (χ3n) is 5.85. The van der Waals surface area contributed by atoms with Gasteiger partial charge in [0.05, 0.1) is 9.79 Å². The third kappa shape index (κ3) is 4.25. The second kappa shape index (κ2) is 8.30. The summed E-state index contributed by atoms with van der Waals surface area (Å²) in [6.07, 6.45) is 0.569. The lowest BCUT2D eigenvalue weighted by atomic mass is 10.0. The zero-order valence-corrected chi connectivity index (χ0v) is 19.3. The predicted molar refractivity (Wildman–Crippen MR) is 129 cm³/mol. The van der Waals surface area contributed by atoms with Crippen molar-refractivity contribution in [2.75, 3.05) is 11.3 Å². The Labute approximate surface area is 193 Å². The van der Waals surface area contributed by atoms with Gasteiger partial charge in [0, 0.05) is 18.8 Å². The molecule has 6 nitrogen and oxygen atoms in total. The van der Waals surface area contributed by atoms with E-state index in [9.17, 15) is 16.8 Å². The molecule has 8 heteroatoms. The molecule has 0 radical (unpaired) electrons. The zero-order valence-electron chi connectivity index (χ0n) is 17.7. The molecule has 5 rings (SSSR count). The molecule has 0 bridgehead atoms. The minimum Gasteiger partial charge on any atom is -0.280 e. The van der Waals surface area contributed by atoms with Crippen LogP contribution in [0.1, 0.15) is 11.1 Å². The average Bonchev–Trinajstić information content (AvgIpc) is 2.83. The van der Waals surface area contributed by atoms with E-state index in [4.69, 9.17) is 0 Å². The van der Waals surface area contributed by atoms with E-state index in [-0.39, 0.29) is 16.3 Å². The van der Waals surface area contributed by atoms with Crippen LogP contribution < -0.4 is 4.72 Å². The lowest BCUT2D eigenvalue weighted by molar-refractivity contribution is 0.391. The summed E-state index contributed by atoms with van der Waals surface area (Å²) in [5.74, 6) is 0. The molecule has 4 aromatic carbocycles. The number of nitrogens with one attached hydrogen (secondary N) is 1. The smallest absolute Gasteiger partial charge is 0.261 e. The fourth-order valence-electron chi connectivity index (χ4n) is 4.09. The summed E-state index contributed by atoms with van der Waals surface area (Å²) in [5.41, 5.74) is 2.21. The van der Waals surface area contributed by atoms with Gasteiger partial charge >= 0.3 is 0 Å². The van der Waals surface area contributed by atoms with Gasteiger partial charge in [-0.3, -0.25) is 4.72 Å². The number of rotatable bonds is 5. The van der Waals surface area contributed by atoms with Crippen LogP contribution in [-0.4, -0.2) is 27.7 Å². The van der Waals surface area contributed by atoms with Gasteiger partial charge in [-0.05, 0) is 64.7 Å². The van der Waals surface area contributed by atoms with Gasteiger partial charge < -0.3 is 0 Å². The number of hydrogen-bond donors (Lipinski definition) is 1. The molecule has 0 unspecified atom stereocenters. The van der Waals surface area contributed by atoms with Gasteiger partial charge in [0.2, 0.25) is 10.0 Å². The highest BCUT2D eigenvalue weighted by atomic mass is 32.2. The minimum absolute atomic E-state index is 0.173. The standard InChI is InChI=1S/C25H22N2O4S2/c28-32(29,25-13-11-19-6-4-5-7-21(19)17-25)26-23-12-10-20-14-15-27(18-22(20)16-23)33(30,31)24-8-2-1-3-9-24/h1-13,16-17,26H,14-15,18H2. The lowest BCUT2D eigenvalue weighted by Gasteiger charge is -2.28. The van der Waals surface area contributed by atoms with Crippen LogP contribution in [0.2, 0.25) is 0 Å². The summed E-state index contributed by atoms with van der Waals surface area (Å²) < 4.78 is 56.1. The van der Waals surface area contributed by atoms with Gasteiger partial charge in [0.1, 0.15) is 0 Å². The first kappa shape index (κ1) is 21.6. The molecule has 0 aliphatic carbocycles. The molecule has 168 valence electrons. The van der Waals surface area contributed by atoms with Crippen molar-refractivity contribution in [3.05, 3.63) is 102 Å². The first-order valence-electron chi connectivity index (χ1n) is 10.5. The van der Waals surface area contributed by atoms with Gasteiger partial charge in [-0.1, -0.05) is 54.6 Å². The second-order valence-electron chi connectivity index (χ2n) is 8.00. The molecule has 1 N–H and O–H groups in total. The second-order valence-corrected chi connectivity index (χ2v) is 11.6. The Morgan fingerprint density at radius 3 is 2.18 bits per heavy atom. The summed E-state index contributed by atoms with van der Waals surface area (Å²) in [7, 11) is -7.42. The van der Waals surface area contributed by atoms with Crippen LogP contribution in [0.4, 0.5) is 5.69 Å². The van der Waals surface area contributed by atoms with E-state index in [0.29, 0.717) is 18.7 Å². The molecule has 0 amide bonds. The van der Waals surface area contributed by atoms with E-state index >= 15 is 0 Å². The SMILES string of the molecule is O=S(=O)(Nc1ccc2c(c1)CN(S(=O)(=O)c1ccccc1)CC2)c1ccc2ccccc2c1. The van der Waals surface area contributed by atoms with E-state index in [1.807, 2.05) is 30.3 Å². The number of benzene rings is 4. The highest BCUT2D eigenvalue weighted by molar-refractivity contribution is 7.92. The highest BCUT2D eigenvalue weighted by Crippen LogP contribution is 2.28. The van der Waals surface area contributed by atoms with Crippen molar-refractivity contribution < 1.29 is 16.8 Å². The van der Waals surface area contributed by atoms with Crippen molar-refractivity contribution >= 4 is 36.5 Å². The van der Waals surface area contributed by atoms with Gasteiger partial charge in [0.15, 0.2) is 0 Å². The van der Waals surface area contributed by atoms with Crippen molar-refractivity contribution in [2.45, 2.75) is 22.8 Å². The number of anilines is 1. The summed E-state index contributed by atoms with van der Waals surface area (Å²) in [4.78, 5) is 0.425. The van der Waals surface area contributed by atoms with Gasteiger partial charge in [-0.2, -0.15) is 4.31 Å². The summed E-state index contributed by atoms with van der Waals surface area (Å²) in [6.45, 7) is 0.574. The maximum Gasteiger partial charge on any atom is 0.261 e. The Hall–Kier alpha value is -3.20. The molecule has 1 heterocycles. The summed E-state index contributed by atoms with van der Waals surface area (Å²) in [6, 6.07) is 26.2. The minimum atomic E-state index is -3.80. The summed E-state index contributed by atoms with van der Waals surface area (Å²) in [5, 5.41) is 1.80. The molecule has 0 spiro atoms. The topological polar surface area (TPSA) is 83.6 Å². The molecule has 33 heavy (non-hydrogen) atoms. The quantitative estimate of drug-likeness (QED) is 0.461. The third-order valence-corrected chi connectivity index (χ3v) is 9.09. The van der Waals surface area contributed by atoms with Gasteiger partial charge in [-0.15, -0.1) is 0 Å². The zero-order chi connectivity index (χ0) is 23.1. The monoisotopic (exact) mass is 478 g/mol. The van der Waals surface area contributed by atoms with E-state index < -0.39 is 20.0 Å². The Bertz CT molecular complexity index is 1550. The molecule has 1 aliphatic heterocycles.